The first-order valence-electron chi connectivity index (χ1n) is 7.63. The second kappa shape index (κ2) is 5.60. The summed E-state index contributed by atoms with van der Waals surface area (Å²) in [6.45, 7) is 7.58. The van der Waals surface area contributed by atoms with Crippen molar-refractivity contribution in [1.82, 2.24) is 4.31 Å². The van der Waals surface area contributed by atoms with Gasteiger partial charge in [0.05, 0.1) is 4.90 Å². The molecule has 1 heterocycles. The number of hydrogen-bond acceptors (Lipinski definition) is 2. The number of halogens is 1. The molecule has 1 saturated heterocycles. The van der Waals surface area contributed by atoms with Gasteiger partial charge >= 0.3 is 0 Å². The van der Waals surface area contributed by atoms with E-state index in [1.165, 1.54) is 5.57 Å². The molecule has 22 heavy (non-hydrogen) atoms. The molecule has 3 nitrogen and oxygen atoms in total. The Morgan fingerprint density at radius 3 is 2.45 bits per heavy atom. The van der Waals surface area contributed by atoms with E-state index in [4.69, 9.17) is 0 Å². The minimum absolute atomic E-state index is 0.0388. The van der Waals surface area contributed by atoms with Gasteiger partial charge in [-0.25, -0.2) is 8.42 Å². The SMILES string of the molecule is CC1=CC[C@@H](I)[C@]2(C)CN(S(=O)(=O)c3ccc(C)cc3)C[C@H]12. The fourth-order valence-corrected chi connectivity index (χ4v) is 6.15. The molecule has 1 aliphatic carbocycles. The fraction of sp³-hybridized carbons (Fsp3) is 0.529. The summed E-state index contributed by atoms with van der Waals surface area (Å²) in [5.74, 6) is 0.336. The van der Waals surface area contributed by atoms with Crippen LogP contribution in [0, 0.1) is 18.3 Å². The quantitative estimate of drug-likeness (QED) is 0.406. The minimum atomic E-state index is -3.40. The first-order chi connectivity index (χ1) is 10.2. The average Bonchev–Trinajstić information content (AvgIpc) is 2.85. The van der Waals surface area contributed by atoms with Crippen LogP contribution in [-0.2, 0) is 10.0 Å². The molecule has 3 atom stereocenters. The van der Waals surface area contributed by atoms with Crippen LogP contribution < -0.4 is 0 Å². The maximum atomic E-state index is 12.9. The Hall–Kier alpha value is -0.400. The summed E-state index contributed by atoms with van der Waals surface area (Å²) in [5, 5.41) is 0. The number of alkyl halides is 1. The zero-order chi connectivity index (χ0) is 16.1. The van der Waals surface area contributed by atoms with Gasteiger partial charge in [0.25, 0.3) is 0 Å². The van der Waals surface area contributed by atoms with E-state index in [-0.39, 0.29) is 5.41 Å². The van der Waals surface area contributed by atoms with E-state index in [2.05, 4.69) is 42.5 Å². The van der Waals surface area contributed by atoms with E-state index in [9.17, 15) is 8.42 Å². The van der Waals surface area contributed by atoms with Gasteiger partial charge in [0.2, 0.25) is 10.0 Å². The predicted molar refractivity (Wildman–Crippen MR) is 97.7 cm³/mol. The maximum Gasteiger partial charge on any atom is 0.243 e. The second-order valence-electron chi connectivity index (χ2n) is 6.82. The van der Waals surface area contributed by atoms with Gasteiger partial charge in [-0.2, -0.15) is 4.31 Å². The van der Waals surface area contributed by atoms with Crippen LogP contribution in [0.2, 0.25) is 0 Å². The topological polar surface area (TPSA) is 37.4 Å². The first kappa shape index (κ1) is 16.5. The molecule has 1 aromatic rings. The Bertz CT molecular complexity index is 711. The summed E-state index contributed by atoms with van der Waals surface area (Å²) in [4.78, 5) is 0.409. The molecule has 0 aromatic heterocycles. The number of fused-ring (bicyclic) bond motifs is 1. The lowest BCUT2D eigenvalue weighted by Gasteiger charge is -2.39. The molecular weight excluding hydrogens is 409 g/mol. The van der Waals surface area contributed by atoms with Crippen LogP contribution >= 0.6 is 22.6 Å². The third-order valence-electron chi connectivity index (χ3n) is 5.27. The summed E-state index contributed by atoms with van der Waals surface area (Å²) in [6.07, 6.45) is 3.32. The molecule has 0 saturated carbocycles. The second-order valence-corrected chi connectivity index (χ2v) is 10.3. The third kappa shape index (κ3) is 2.55. The number of hydrogen-bond donors (Lipinski definition) is 0. The molecule has 0 spiro atoms. The van der Waals surface area contributed by atoms with Crippen LogP contribution in [0.3, 0.4) is 0 Å². The fourth-order valence-electron chi connectivity index (χ4n) is 3.69. The Kier molecular flexibility index (Phi) is 4.19. The summed E-state index contributed by atoms with van der Waals surface area (Å²) >= 11 is 2.49. The summed E-state index contributed by atoms with van der Waals surface area (Å²) in [7, 11) is -3.40. The van der Waals surface area contributed by atoms with Gasteiger partial charge in [-0.1, -0.05) is 58.9 Å². The van der Waals surface area contributed by atoms with Crippen LogP contribution in [0.1, 0.15) is 25.8 Å². The van der Waals surface area contributed by atoms with E-state index >= 15 is 0 Å². The lowest BCUT2D eigenvalue weighted by molar-refractivity contribution is 0.268. The van der Waals surface area contributed by atoms with Gasteiger partial charge in [0.15, 0.2) is 0 Å². The van der Waals surface area contributed by atoms with E-state index < -0.39 is 10.0 Å². The molecule has 3 rings (SSSR count). The minimum Gasteiger partial charge on any atom is -0.207 e. The number of benzene rings is 1. The van der Waals surface area contributed by atoms with E-state index in [0.717, 1.165) is 12.0 Å². The Labute approximate surface area is 147 Å². The molecule has 1 aromatic carbocycles. The lowest BCUT2D eigenvalue weighted by Crippen LogP contribution is -2.39. The van der Waals surface area contributed by atoms with Crippen molar-refractivity contribution in [3.05, 3.63) is 41.5 Å². The highest BCUT2D eigenvalue weighted by molar-refractivity contribution is 14.1. The highest BCUT2D eigenvalue weighted by Gasteiger charge is 2.52. The molecule has 0 amide bonds. The highest BCUT2D eigenvalue weighted by atomic mass is 127. The van der Waals surface area contributed by atoms with Crippen LogP contribution in [0.25, 0.3) is 0 Å². The van der Waals surface area contributed by atoms with E-state index in [0.29, 0.717) is 27.8 Å². The molecule has 2 aliphatic rings. The molecule has 0 unspecified atom stereocenters. The molecule has 0 radical (unpaired) electrons. The van der Waals surface area contributed by atoms with Crippen molar-refractivity contribution in [1.29, 1.82) is 0 Å². The van der Waals surface area contributed by atoms with Crippen LogP contribution in [0.5, 0.6) is 0 Å². The van der Waals surface area contributed by atoms with Crippen LogP contribution in [-0.4, -0.2) is 29.7 Å². The van der Waals surface area contributed by atoms with Crippen LogP contribution in [0.15, 0.2) is 40.8 Å². The molecule has 0 bridgehead atoms. The van der Waals surface area contributed by atoms with Crippen molar-refractivity contribution in [3.63, 3.8) is 0 Å². The van der Waals surface area contributed by atoms with Crippen molar-refractivity contribution in [2.24, 2.45) is 11.3 Å². The van der Waals surface area contributed by atoms with Crippen molar-refractivity contribution >= 4 is 32.6 Å². The Balaban J connectivity index is 1.95. The van der Waals surface area contributed by atoms with Gasteiger partial charge in [-0.3, -0.25) is 0 Å². The normalized spacial score (nSPS) is 32.6. The molecule has 1 aliphatic heterocycles. The Morgan fingerprint density at radius 2 is 1.86 bits per heavy atom. The standard InChI is InChI=1S/C17H22INO2S/c1-12-4-7-14(8-5-12)22(20,21)19-10-15-13(2)6-9-16(18)17(15,3)11-19/h4-8,15-16H,9-11H2,1-3H3/t15-,16-,17-/m1/s1. The summed E-state index contributed by atoms with van der Waals surface area (Å²) < 4.78 is 28.1. The predicted octanol–water partition coefficient (Wildman–Crippen LogP) is 3.78. The summed E-state index contributed by atoms with van der Waals surface area (Å²) in [6, 6.07) is 7.17. The zero-order valence-corrected chi connectivity index (χ0v) is 16.2. The number of rotatable bonds is 2. The first-order valence-corrected chi connectivity index (χ1v) is 10.3. The largest absolute Gasteiger partial charge is 0.243 e. The van der Waals surface area contributed by atoms with E-state index in [1.807, 2.05) is 19.1 Å². The molecule has 0 N–H and O–H groups in total. The highest BCUT2D eigenvalue weighted by Crippen LogP contribution is 2.50. The molecule has 5 heteroatoms. The van der Waals surface area contributed by atoms with Gasteiger partial charge in [-0.05, 0) is 32.4 Å². The summed E-state index contributed by atoms with van der Waals surface area (Å²) in [5.41, 5.74) is 2.46. The zero-order valence-electron chi connectivity index (χ0n) is 13.2. The number of nitrogens with zero attached hydrogens (tertiary/aromatic N) is 1. The average molecular weight is 431 g/mol. The Morgan fingerprint density at radius 1 is 1.23 bits per heavy atom. The molecular formula is C17H22INO2S. The van der Waals surface area contributed by atoms with Gasteiger partial charge in [0.1, 0.15) is 0 Å². The van der Waals surface area contributed by atoms with Crippen molar-refractivity contribution in [2.75, 3.05) is 13.1 Å². The van der Waals surface area contributed by atoms with Gasteiger partial charge in [0, 0.05) is 28.3 Å². The monoisotopic (exact) mass is 431 g/mol. The number of allylic oxidation sites excluding steroid dienone is 1. The van der Waals surface area contributed by atoms with Crippen molar-refractivity contribution in [3.8, 4) is 0 Å². The maximum absolute atomic E-state index is 12.9. The van der Waals surface area contributed by atoms with Gasteiger partial charge < -0.3 is 0 Å². The molecule has 120 valence electrons. The lowest BCUT2D eigenvalue weighted by atomic mass is 9.70. The van der Waals surface area contributed by atoms with Crippen molar-refractivity contribution in [2.45, 2.75) is 36.0 Å². The van der Waals surface area contributed by atoms with Crippen molar-refractivity contribution < 1.29 is 8.42 Å². The van der Waals surface area contributed by atoms with E-state index in [1.54, 1.807) is 16.4 Å². The number of aryl methyl sites for hydroxylation is 1. The van der Waals surface area contributed by atoms with Gasteiger partial charge in [-0.15, -0.1) is 0 Å². The number of sulfonamides is 1. The third-order valence-corrected chi connectivity index (χ3v) is 9.03. The molecule has 1 fully saturated rings. The smallest absolute Gasteiger partial charge is 0.207 e. The van der Waals surface area contributed by atoms with Crippen LogP contribution in [0.4, 0.5) is 0 Å².